The summed E-state index contributed by atoms with van der Waals surface area (Å²) in [6.07, 6.45) is 14.7. The minimum Gasteiger partial charge on any atom is -0.507 e. The van der Waals surface area contributed by atoms with Crippen molar-refractivity contribution in [2.24, 2.45) is 5.73 Å². The van der Waals surface area contributed by atoms with E-state index in [-0.39, 0.29) is 29.3 Å². The van der Waals surface area contributed by atoms with Crippen LogP contribution in [-0.4, -0.2) is 16.8 Å². The number of phenols is 1. The van der Waals surface area contributed by atoms with E-state index in [9.17, 15) is 14.7 Å². The average molecular weight is 488 g/mol. The highest BCUT2D eigenvalue weighted by Crippen LogP contribution is 2.43. The Morgan fingerprint density at radius 3 is 1.69 bits per heavy atom. The summed E-state index contributed by atoms with van der Waals surface area (Å²) in [6.45, 7) is 14.5. The maximum Gasteiger partial charge on any atom is 0.217 e. The number of phenolic OH excluding ortho intramolecular Hbond substituents is 1. The number of primary amides is 1. The van der Waals surface area contributed by atoms with Gasteiger partial charge in [-0.05, 0) is 34.8 Å². The van der Waals surface area contributed by atoms with Gasteiger partial charge in [0.15, 0.2) is 5.78 Å². The van der Waals surface area contributed by atoms with E-state index >= 15 is 0 Å². The van der Waals surface area contributed by atoms with Gasteiger partial charge in [-0.25, -0.2) is 0 Å². The van der Waals surface area contributed by atoms with Crippen molar-refractivity contribution < 1.29 is 14.7 Å². The minimum atomic E-state index is -0.408. The Kier molecular flexibility index (Phi) is 13.1. The third-order valence-corrected chi connectivity index (χ3v) is 6.87. The molecule has 0 aliphatic carbocycles. The molecule has 0 saturated carbocycles. The van der Waals surface area contributed by atoms with E-state index < -0.39 is 5.41 Å². The summed E-state index contributed by atoms with van der Waals surface area (Å²) in [5.41, 5.74) is 7.72. The Morgan fingerprint density at radius 2 is 1.26 bits per heavy atom. The molecule has 1 aromatic rings. The zero-order valence-corrected chi connectivity index (χ0v) is 23.8. The highest BCUT2D eigenvalue weighted by atomic mass is 16.3. The van der Waals surface area contributed by atoms with Crippen LogP contribution in [0, 0.1) is 0 Å². The number of nitrogens with two attached hydrogens (primary N) is 1. The third kappa shape index (κ3) is 10.8. The Balaban J connectivity index is 2.92. The molecule has 0 aliphatic rings. The van der Waals surface area contributed by atoms with Crippen molar-refractivity contribution in [3.63, 3.8) is 0 Å². The fourth-order valence-corrected chi connectivity index (χ4v) is 4.88. The van der Waals surface area contributed by atoms with Gasteiger partial charge in [0.1, 0.15) is 5.75 Å². The lowest BCUT2D eigenvalue weighted by molar-refractivity contribution is -0.118. The highest BCUT2D eigenvalue weighted by Gasteiger charge is 2.32. The molecule has 1 rings (SSSR count). The van der Waals surface area contributed by atoms with Gasteiger partial charge in [-0.15, -0.1) is 0 Å². The number of carbonyl (C=O) groups excluding carboxylic acids is 2. The molecule has 200 valence electrons. The third-order valence-electron chi connectivity index (χ3n) is 6.87. The van der Waals surface area contributed by atoms with Crippen molar-refractivity contribution in [1.29, 1.82) is 0 Å². The topological polar surface area (TPSA) is 80.4 Å². The molecule has 1 aromatic carbocycles. The van der Waals surface area contributed by atoms with Crippen LogP contribution in [0.4, 0.5) is 0 Å². The second-order valence-electron chi connectivity index (χ2n) is 12.4. The smallest absolute Gasteiger partial charge is 0.217 e. The van der Waals surface area contributed by atoms with Gasteiger partial charge in [0.25, 0.3) is 0 Å². The number of ketones is 1. The molecule has 3 N–H and O–H groups in total. The maximum absolute atomic E-state index is 13.5. The van der Waals surface area contributed by atoms with E-state index in [2.05, 4.69) is 27.7 Å². The number of Topliss-reactive ketones (excluding diaryl/α,β-unsaturated/α-hetero) is 1. The fourth-order valence-electron chi connectivity index (χ4n) is 4.88. The van der Waals surface area contributed by atoms with Gasteiger partial charge in [0.2, 0.25) is 5.91 Å². The molecule has 0 unspecified atom stereocenters. The number of hydrogen-bond acceptors (Lipinski definition) is 3. The molecular formula is C31H53NO3. The van der Waals surface area contributed by atoms with E-state index in [1.54, 1.807) is 0 Å². The van der Waals surface area contributed by atoms with Crippen LogP contribution < -0.4 is 5.73 Å². The van der Waals surface area contributed by atoms with Gasteiger partial charge in [-0.2, -0.15) is 0 Å². The average Bonchev–Trinajstić information content (AvgIpc) is 2.74. The number of benzene rings is 1. The van der Waals surface area contributed by atoms with Gasteiger partial charge >= 0.3 is 0 Å². The number of aromatic hydroxyl groups is 1. The number of hydrogen-bond donors (Lipinski definition) is 2. The van der Waals surface area contributed by atoms with Gasteiger partial charge in [-0.1, -0.05) is 119 Å². The van der Waals surface area contributed by atoms with E-state index in [1.807, 2.05) is 26.8 Å². The van der Waals surface area contributed by atoms with E-state index in [0.29, 0.717) is 24.0 Å². The fraction of sp³-hybridized carbons (Fsp3) is 0.742. The Morgan fingerprint density at radius 1 is 0.771 bits per heavy atom. The molecule has 4 heteroatoms. The minimum absolute atomic E-state index is 0.0704. The predicted octanol–water partition coefficient (Wildman–Crippen LogP) is 8.29. The molecule has 0 fully saturated rings. The van der Waals surface area contributed by atoms with Gasteiger partial charge in [0.05, 0.1) is 0 Å². The highest BCUT2D eigenvalue weighted by molar-refractivity contribution is 6.00. The van der Waals surface area contributed by atoms with Crippen LogP contribution in [-0.2, 0) is 22.0 Å². The lowest BCUT2D eigenvalue weighted by atomic mass is 9.74. The van der Waals surface area contributed by atoms with Crippen molar-refractivity contribution in [3.8, 4) is 5.75 Å². The second kappa shape index (κ2) is 14.7. The van der Waals surface area contributed by atoms with Crippen molar-refractivity contribution in [3.05, 3.63) is 28.3 Å². The first-order valence-corrected chi connectivity index (χ1v) is 14.0. The van der Waals surface area contributed by atoms with Crippen LogP contribution in [0.3, 0.4) is 0 Å². The molecule has 0 saturated heterocycles. The first kappa shape index (κ1) is 31.2. The molecule has 0 bridgehead atoms. The monoisotopic (exact) mass is 487 g/mol. The van der Waals surface area contributed by atoms with Gasteiger partial charge < -0.3 is 10.8 Å². The Bertz CT molecular complexity index is 812. The molecular weight excluding hydrogens is 434 g/mol. The van der Waals surface area contributed by atoms with Crippen LogP contribution in [0.15, 0.2) is 6.07 Å². The molecule has 0 radical (unpaired) electrons. The molecule has 0 atom stereocenters. The summed E-state index contributed by atoms with van der Waals surface area (Å²) in [5, 5.41) is 11.3. The van der Waals surface area contributed by atoms with E-state index in [0.717, 1.165) is 30.4 Å². The molecule has 0 aromatic heterocycles. The van der Waals surface area contributed by atoms with Crippen molar-refractivity contribution in [2.75, 3.05) is 0 Å². The van der Waals surface area contributed by atoms with Crippen LogP contribution in [0.2, 0.25) is 0 Å². The van der Waals surface area contributed by atoms with Crippen LogP contribution in [0.5, 0.6) is 5.75 Å². The summed E-state index contributed by atoms with van der Waals surface area (Å²) >= 11 is 0. The predicted molar refractivity (Wildman–Crippen MR) is 148 cm³/mol. The first-order valence-electron chi connectivity index (χ1n) is 14.0. The first-order chi connectivity index (χ1) is 16.3. The summed E-state index contributed by atoms with van der Waals surface area (Å²) in [5.74, 6) is -0.0901. The number of carbonyl (C=O) groups is 2. The molecule has 35 heavy (non-hydrogen) atoms. The summed E-state index contributed by atoms with van der Waals surface area (Å²) < 4.78 is 0. The molecule has 0 aliphatic heterocycles. The van der Waals surface area contributed by atoms with Crippen LogP contribution in [0.25, 0.3) is 0 Å². The summed E-state index contributed by atoms with van der Waals surface area (Å²) in [7, 11) is 0. The van der Waals surface area contributed by atoms with Crippen molar-refractivity contribution >= 4 is 11.7 Å². The zero-order chi connectivity index (χ0) is 26.6. The molecule has 4 nitrogen and oxygen atoms in total. The number of amides is 1. The van der Waals surface area contributed by atoms with Crippen molar-refractivity contribution in [2.45, 2.75) is 149 Å². The Labute approximate surface area is 215 Å². The van der Waals surface area contributed by atoms with Gasteiger partial charge in [-0.3, -0.25) is 9.59 Å². The number of aryl methyl sites for hydroxylation is 1. The van der Waals surface area contributed by atoms with Gasteiger partial charge in [0, 0.05) is 24.0 Å². The molecule has 0 spiro atoms. The van der Waals surface area contributed by atoms with Crippen molar-refractivity contribution in [1.82, 2.24) is 0 Å². The maximum atomic E-state index is 13.5. The largest absolute Gasteiger partial charge is 0.507 e. The summed E-state index contributed by atoms with van der Waals surface area (Å²) in [6, 6.07) is 1.93. The molecule has 1 amide bonds. The Hall–Kier alpha value is -1.84. The normalized spacial score (nSPS) is 12.2. The zero-order valence-electron chi connectivity index (χ0n) is 23.8. The van der Waals surface area contributed by atoms with E-state index in [1.165, 1.54) is 51.4 Å². The summed E-state index contributed by atoms with van der Waals surface area (Å²) in [4.78, 5) is 25.1. The standard InChI is InChI=1S/C31H53NO3/c1-8-9-10-11-12-13-14-15-16-17-18-19-25(33)27-23(20-21-26(32)34)22-24(30(2,3)4)29(35)28(27)31(5,6)7/h22,35H,8-21H2,1-7H3,(H2,32,34). The van der Waals surface area contributed by atoms with Crippen LogP contribution >= 0.6 is 0 Å². The second-order valence-corrected chi connectivity index (χ2v) is 12.4. The van der Waals surface area contributed by atoms with Crippen LogP contribution in [0.1, 0.15) is 159 Å². The SMILES string of the molecule is CCCCCCCCCCCCCC(=O)c1c(CCC(N)=O)cc(C(C)(C)C)c(O)c1C(C)(C)C. The molecule has 0 heterocycles. The van der Waals surface area contributed by atoms with E-state index in [4.69, 9.17) is 5.73 Å². The number of rotatable bonds is 16. The number of unbranched alkanes of at least 4 members (excludes halogenated alkanes) is 10. The lowest BCUT2D eigenvalue weighted by Crippen LogP contribution is -2.23. The quantitative estimate of drug-likeness (QED) is 0.182. The lowest BCUT2D eigenvalue weighted by Gasteiger charge is -2.31.